The molecule has 0 aromatic heterocycles. The number of anilines is 1. The lowest BCUT2D eigenvalue weighted by Crippen LogP contribution is -2.01. The zero-order valence-corrected chi connectivity index (χ0v) is 7.73. The minimum absolute atomic E-state index is 0.447. The van der Waals surface area contributed by atoms with Crippen molar-refractivity contribution in [3.8, 4) is 0 Å². The first kappa shape index (κ1) is 9.51. The molecule has 1 aromatic carbocycles. The number of alkyl halides is 1. The second-order valence-corrected chi connectivity index (χ2v) is 3.15. The van der Waals surface area contributed by atoms with Crippen LogP contribution >= 0.6 is 11.6 Å². The molecule has 1 atom stereocenters. The van der Waals surface area contributed by atoms with Crippen molar-refractivity contribution < 1.29 is 8.76 Å². The molecule has 0 aliphatic rings. The topological polar surface area (TPSA) is 49.3 Å². The predicted molar refractivity (Wildman–Crippen MR) is 50.4 cm³/mol. The van der Waals surface area contributed by atoms with Crippen molar-refractivity contribution in [2.75, 3.05) is 4.72 Å². The summed E-state index contributed by atoms with van der Waals surface area (Å²) in [5.74, 6) is 0.447. The van der Waals surface area contributed by atoms with Gasteiger partial charge in [-0.05, 0) is 17.7 Å². The number of hydrogen-bond donors (Lipinski definition) is 2. The van der Waals surface area contributed by atoms with Crippen molar-refractivity contribution in [2.24, 2.45) is 0 Å². The summed E-state index contributed by atoms with van der Waals surface area (Å²) in [6, 6.07) is 6.99. The molecule has 1 rings (SSSR count). The van der Waals surface area contributed by atoms with Gasteiger partial charge in [-0.15, -0.1) is 11.6 Å². The van der Waals surface area contributed by atoms with Crippen LogP contribution in [0.2, 0.25) is 0 Å². The van der Waals surface area contributed by atoms with Gasteiger partial charge in [0.1, 0.15) is 0 Å². The highest BCUT2D eigenvalue weighted by Crippen LogP contribution is 2.10. The van der Waals surface area contributed by atoms with Crippen LogP contribution in [0.4, 0.5) is 5.69 Å². The molecular formula is C7H8ClNO2S. The van der Waals surface area contributed by atoms with Gasteiger partial charge in [0.2, 0.25) is 0 Å². The Morgan fingerprint density at radius 3 is 2.42 bits per heavy atom. The van der Waals surface area contributed by atoms with Crippen molar-refractivity contribution in [3.05, 3.63) is 29.8 Å². The average molecular weight is 206 g/mol. The molecule has 0 spiro atoms. The molecule has 12 heavy (non-hydrogen) atoms. The van der Waals surface area contributed by atoms with Gasteiger partial charge in [-0.2, -0.15) is 0 Å². The van der Waals surface area contributed by atoms with Crippen molar-refractivity contribution in [2.45, 2.75) is 5.88 Å². The van der Waals surface area contributed by atoms with E-state index in [0.29, 0.717) is 11.6 Å². The maximum Gasteiger partial charge on any atom is 0.259 e. The Morgan fingerprint density at radius 1 is 1.42 bits per heavy atom. The molecule has 0 radical (unpaired) electrons. The highest BCUT2D eigenvalue weighted by atomic mass is 35.5. The highest BCUT2D eigenvalue weighted by molar-refractivity contribution is 7.80. The first-order valence-electron chi connectivity index (χ1n) is 3.25. The van der Waals surface area contributed by atoms with Crippen LogP contribution < -0.4 is 4.72 Å². The maximum absolute atomic E-state index is 10.3. The highest BCUT2D eigenvalue weighted by Gasteiger charge is 1.94. The van der Waals surface area contributed by atoms with Gasteiger partial charge < -0.3 is 0 Å². The molecule has 2 N–H and O–H groups in total. The summed E-state index contributed by atoms with van der Waals surface area (Å²) < 4.78 is 21.1. The Morgan fingerprint density at radius 2 is 2.00 bits per heavy atom. The smallest absolute Gasteiger partial charge is 0.259 e. The number of halogens is 1. The summed E-state index contributed by atoms with van der Waals surface area (Å²) in [5, 5.41) is 0. The molecule has 3 nitrogen and oxygen atoms in total. The van der Waals surface area contributed by atoms with Gasteiger partial charge in [-0.1, -0.05) is 12.1 Å². The van der Waals surface area contributed by atoms with E-state index in [2.05, 4.69) is 4.72 Å². The van der Waals surface area contributed by atoms with E-state index in [0.717, 1.165) is 5.56 Å². The van der Waals surface area contributed by atoms with Crippen LogP contribution in [0.25, 0.3) is 0 Å². The Labute approximate surface area is 78.2 Å². The van der Waals surface area contributed by atoms with Crippen molar-refractivity contribution in [3.63, 3.8) is 0 Å². The van der Waals surface area contributed by atoms with Crippen LogP contribution in [0.15, 0.2) is 24.3 Å². The third-order valence-corrected chi connectivity index (χ3v) is 2.03. The molecule has 0 aliphatic carbocycles. The van der Waals surface area contributed by atoms with Gasteiger partial charge in [-0.25, -0.2) is 4.21 Å². The monoisotopic (exact) mass is 205 g/mol. The predicted octanol–water partition coefficient (Wildman–Crippen LogP) is 1.97. The maximum atomic E-state index is 10.3. The fourth-order valence-corrected chi connectivity index (χ4v) is 1.28. The van der Waals surface area contributed by atoms with Gasteiger partial charge in [0, 0.05) is 11.6 Å². The molecule has 5 heteroatoms. The zero-order chi connectivity index (χ0) is 8.97. The van der Waals surface area contributed by atoms with Crippen LogP contribution in [0.3, 0.4) is 0 Å². The Bertz CT molecular complexity index is 275. The fourth-order valence-electron chi connectivity index (χ4n) is 0.763. The van der Waals surface area contributed by atoms with E-state index in [9.17, 15) is 4.21 Å². The van der Waals surface area contributed by atoms with Crippen LogP contribution in [0.5, 0.6) is 0 Å². The van der Waals surface area contributed by atoms with Crippen LogP contribution in [-0.4, -0.2) is 8.76 Å². The average Bonchev–Trinajstić information content (AvgIpc) is 2.05. The quantitative estimate of drug-likeness (QED) is 0.586. The van der Waals surface area contributed by atoms with Gasteiger partial charge in [-0.3, -0.25) is 9.27 Å². The first-order chi connectivity index (χ1) is 5.72. The third-order valence-electron chi connectivity index (χ3n) is 1.31. The minimum Gasteiger partial charge on any atom is -0.289 e. The molecule has 0 amide bonds. The lowest BCUT2D eigenvalue weighted by Gasteiger charge is -2.00. The van der Waals surface area contributed by atoms with E-state index in [1.54, 1.807) is 24.3 Å². The fraction of sp³-hybridized carbons (Fsp3) is 0.143. The number of hydrogen-bond acceptors (Lipinski definition) is 1. The van der Waals surface area contributed by atoms with Crippen LogP contribution in [-0.2, 0) is 17.1 Å². The van der Waals surface area contributed by atoms with Gasteiger partial charge in [0.05, 0.1) is 0 Å². The SMILES string of the molecule is O=S(O)Nc1ccc(CCl)cc1. The molecule has 0 heterocycles. The standard InChI is InChI=1S/C7H8ClNO2S/c8-5-6-1-3-7(4-2-6)9-12(10)11/h1-4,9H,5H2,(H,10,11). The van der Waals surface area contributed by atoms with Gasteiger partial charge in [0.25, 0.3) is 11.3 Å². The lowest BCUT2D eigenvalue weighted by atomic mass is 10.2. The summed E-state index contributed by atoms with van der Waals surface area (Å²) in [4.78, 5) is 0. The number of nitrogens with one attached hydrogen (secondary N) is 1. The molecule has 1 unspecified atom stereocenters. The zero-order valence-electron chi connectivity index (χ0n) is 6.16. The summed E-state index contributed by atoms with van der Waals surface area (Å²) in [6.45, 7) is 0. The Balaban J connectivity index is 2.71. The Hall–Kier alpha value is -0.580. The summed E-state index contributed by atoms with van der Waals surface area (Å²) >= 11 is 3.55. The number of benzene rings is 1. The van der Waals surface area contributed by atoms with Crippen LogP contribution in [0.1, 0.15) is 5.56 Å². The summed E-state index contributed by atoms with van der Waals surface area (Å²) in [5.41, 5.74) is 1.58. The largest absolute Gasteiger partial charge is 0.289 e. The van der Waals surface area contributed by atoms with Crippen molar-refractivity contribution in [1.82, 2.24) is 0 Å². The second kappa shape index (κ2) is 4.45. The molecule has 0 fully saturated rings. The molecule has 0 saturated heterocycles. The lowest BCUT2D eigenvalue weighted by molar-refractivity contribution is 0.570. The number of rotatable bonds is 3. The van der Waals surface area contributed by atoms with E-state index in [1.807, 2.05) is 0 Å². The van der Waals surface area contributed by atoms with E-state index < -0.39 is 11.3 Å². The molecular weight excluding hydrogens is 198 g/mol. The normalized spacial score (nSPS) is 12.5. The van der Waals surface area contributed by atoms with Crippen molar-refractivity contribution in [1.29, 1.82) is 0 Å². The Kier molecular flexibility index (Phi) is 3.52. The molecule has 66 valence electrons. The molecule has 1 aromatic rings. The summed E-state index contributed by atoms with van der Waals surface area (Å²) in [6.07, 6.45) is 0. The first-order valence-corrected chi connectivity index (χ1v) is 4.89. The van der Waals surface area contributed by atoms with E-state index in [1.165, 1.54) is 0 Å². The summed E-state index contributed by atoms with van der Waals surface area (Å²) in [7, 11) is 0. The minimum atomic E-state index is -2.01. The van der Waals surface area contributed by atoms with Gasteiger partial charge >= 0.3 is 0 Å². The molecule has 0 bridgehead atoms. The van der Waals surface area contributed by atoms with Crippen LogP contribution in [0, 0.1) is 0 Å². The molecule has 0 saturated carbocycles. The van der Waals surface area contributed by atoms with E-state index in [4.69, 9.17) is 16.2 Å². The van der Waals surface area contributed by atoms with Crippen molar-refractivity contribution >= 4 is 28.6 Å². The van der Waals surface area contributed by atoms with E-state index >= 15 is 0 Å². The molecule has 0 aliphatic heterocycles. The van der Waals surface area contributed by atoms with E-state index in [-0.39, 0.29) is 0 Å². The third kappa shape index (κ3) is 2.81. The second-order valence-electron chi connectivity index (χ2n) is 2.18. The van der Waals surface area contributed by atoms with Gasteiger partial charge in [0.15, 0.2) is 0 Å².